The first kappa shape index (κ1) is 32.5. The summed E-state index contributed by atoms with van der Waals surface area (Å²) in [5, 5.41) is 0. The van der Waals surface area contributed by atoms with Crippen LogP contribution < -0.4 is 0 Å². The van der Waals surface area contributed by atoms with Crippen molar-refractivity contribution >= 4 is 33.5 Å². The van der Waals surface area contributed by atoms with Gasteiger partial charge < -0.3 is 0 Å². The van der Waals surface area contributed by atoms with E-state index < -0.39 is 15.6 Å². The molecule has 0 aromatic carbocycles. The Labute approximate surface area is 208 Å². The van der Waals surface area contributed by atoms with E-state index in [4.69, 9.17) is 0 Å². The van der Waals surface area contributed by atoms with E-state index in [1.165, 1.54) is 140 Å². The van der Waals surface area contributed by atoms with Gasteiger partial charge >= 0.3 is 210 Å². The van der Waals surface area contributed by atoms with Gasteiger partial charge in [0.05, 0.1) is 0 Å². The molecular weight excluding hydrogens is 519 g/mol. The summed E-state index contributed by atoms with van der Waals surface area (Å²) in [6.45, 7) is 9.45. The van der Waals surface area contributed by atoms with Gasteiger partial charge in [-0.3, -0.25) is 0 Å². The molecule has 0 rings (SSSR count). The molecule has 0 aromatic rings. The molecule has 0 aliphatic rings. The van der Waals surface area contributed by atoms with Crippen LogP contribution in [-0.4, -0.2) is 27.1 Å². The SMILES string of the molecule is CCCCCCCCCC[S][Sn]([CH2]CCC)([CH2]CCC)[S]CCCCCCCCCC. The predicted octanol–water partition coefficient (Wildman–Crippen LogP) is 11.8. The molecule has 0 aliphatic heterocycles. The van der Waals surface area contributed by atoms with E-state index in [9.17, 15) is 0 Å². The summed E-state index contributed by atoms with van der Waals surface area (Å²) in [7, 11) is 5.14. The van der Waals surface area contributed by atoms with Crippen molar-refractivity contribution in [3.05, 3.63) is 0 Å². The van der Waals surface area contributed by atoms with Crippen LogP contribution in [0.15, 0.2) is 0 Å². The normalized spacial score (nSPS) is 12.0. The molecule has 0 radical (unpaired) electrons. The summed E-state index contributed by atoms with van der Waals surface area (Å²) in [6, 6.07) is 0. The maximum atomic E-state index is 2.57. The number of rotatable bonds is 26. The Balaban J connectivity index is 4.20. The Bertz CT molecular complexity index is 303. The van der Waals surface area contributed by atoms with Gasteiger partial charge in [-0.05, 0) is 0 Å². The average molecular weight is 580 g/mol. The molecule has 3 heteroatoms. The minimum atomic E-state index is -2.05. The molecule has 0 nitrogen and oxygen atoms in total. The minimum absolute atomic E-state index is 1.37. The third-order valence-corrected chi connectivity index (χ3v) is 37.7. The summed E-state index contributed by atoms with van der Waals surface area (Å²) < 4.78 is 3.29. The van der Waals surface area contributed by atoms with E-state index in [0.717, 1.165) is 0 Å². The van der Waals surface area contributed by atoms with Crippen molar-refractivity contribution in [1.29, 1.82) is 0 Å². The van der Waals surface area contributed by atoms with Crippen molar-refractivity contribution in [2.45, 2.75) is 165 Å². The second kappa shape index (κ2) is 26.1. The van der Waals surface area contributed by atoms with Gasteiger partial charge in [-0.1, -0.05) is 0 Å². The Hall–Kier alpha value is 1.50. The van der Waals surface area contributed by atoms with Crippen molar-refractivity contribution in [2.75, 3.05) is 11.5 Å². The molecule has 0 fully saturated rings. The average Bonchev–Trinajstić information content (AvgIpc) is 2.79. The summed E-state index contributed by atoms with van der Waals surface area (Å²) in [5.41, 5.74) is 0. The van der Waals surface area contributed by atoms with Crippen LogP contribution in [0.5, 0.6) is 0 Å². The van der Waals surface area contributed by atoms with Crippen LogP contribution in [0.1, 0.15) is 156 Å². The second-order valence-electron chi connectivity index (χ2n) is 9.76. The monoisotopic (exact) mass is 580 g/mol. The zero-order valence-corrected chi connectivity index (χ0v) is 26.8. The molecule has 0 saturated heterocycles. The summed E-state index contributed by atoms with van der Waals surface area (Å²) >= 11 is -2.05. The fourth-order valence-electron chi connectivity index (χ4n) is 4.34. The fourth-order valence-corrected chi connectivity index (χ4v) is 35.6. The molecule has 0 aliphatic carbocycles. The number of hydrogen-bond donors (Lipinski definition) is 0. The van der Waals surface area contributed by atoms with E-state index >= 15 is 0 Å². The standard InChI is InChI=1S/2C10H22S.2C4H9.Sn/c2*1-2-3-4-5-6-7-8-9-10-11;2*1-3-4-2;/h2*11H,2-10H2,1H3;2*1,3-4H2,2H3;/q;;;;+2/p-2. The Morgan fingerprint density at radius 2 is 0.645 bits per heavy atom. The van der Waals surface area contributed by atoms with Crippen molar-refractivity contribution in [2.24, 2.45) is 0 Å². The summed E-state index contributed by atoms with van der Waals surface area (Å²) in [5.74, 6) is 2.98. The van der Waals surface area contributed by atoms with Gasteiger partial charge in [0.25, 0.3) is 0 Å². The predicted molar refractivity (Wildman–Crippen MR) is 155 cm³/mol. The molecule has 0 unspecified atom stereocenters. The van der Waals surface area contributed by atoms with Crippen molar-refractivity contribution < 1.29 is 0 Å². The van der Waals surface area contributed by atoms with Gasteiger partial charge in [-0.15, -0.1) is 0 Å². The van der Waals surface area contributed by atoms with E-state index in [-0.39, 0.29) is 0 Å². The van der Waals surface area contributed by atoms with Crippen LogP contribution >= 0.6 is 17.9 Å². The van der Waals surface area contributed by atoms with Crippen molar-refractivity contribution in [3.63, 3.8) is 0 Å². The van der Waals surface area contributed by atoms with Crippen molar-refractivity contribution in [1.82, 2.24) is 0 Å². The molecule has 0 N–H and O–H groups in total. The molecule has 188 valence electrons. The Morgan fingerprint density at radius 3 is 0.968 bits per heavy atom. The molecule has 0 bridgehead atoms. The maximum absolute atomic E-state index is 2.57. The van der Waals surface area contributed by atoms with Gasteiger partial charge in [0.15, 0.2) is 0 Å². The van der Waals surface area contributed by atoms with Crippen LogP contribution in [0.3, 0.4) is 0 Å². The molecule has 0 atom stereocenters. The number of hydrogen-bond acceptors (Lipinski definition) is 2. The van der Waals surface area contributed by atoms with Crippen LogP contribution in [0, 0.1) is 0 Å². The first-order chi connectivity index (χ1) is 15.2. The van der Waals surface area contributed by atoms with Crippen LogP contribution in [0.2, 0.25) is 8.87 Å². The topological polar surface area (TPSA) is 0 Å². The quantitative estimate of drug-likeness (QED) is 0.0738. The third kappa shape index (κ3) is 21.8. The number of unbranched alkanes of at least 4 members (excludes halogenated alkanes) is 16. The molecule has 0 aromatic heterocycles. The van der Waals surface area contributed by atoms with Gasteiger partial charge in [0, 0.05) is 0 Å². The molecule has 31 heavy (non-hydrogen) atoms. The zero-order chi connectivity index (χ0) is 22.9. The fraction of sp³-hybridized carbons (Fsp3) is 1.00. The summed E-state index contributed by atoms with van der Waals surface area (Å²) in [6.07, 6.45) is 29.3. The Morgan fingerprint density at radius 1 is 0.355 bits per heavy atom. The van der Waals surface area contributed by atoms with E-state index in [1.807, 2.05) is 0 Å². The molecular formula is C28H60S2Sn. The second-order valence-corrected chi connectivity index (χ2v) is 36.4. The molecule has 0 amide bonds. The van der Waals surface area contributed by atoms with E-state index in [0.29, 0.717) is 0 Å². The first-order valence-electron chi connectivity index (χ1n) is 14.5. The molecule has 0 saturated carbocycles. The summed E-state index contributed by atoms with van der Waals surface area (Å²) in [4.78, 5) is 0. The molecule has 0 spiro atoms. The first-order valence-corrected chi connectivity index (χ1v) is 27.5. The Kier molecular flexibility index (Phi) is 27.4. The van der Waals surface area contributed by atoms with Gasteiger partial charge in [0.1, 0.15) is 0 Å². The third-order valence-electron chi connectivity index (χ3n) is 6.55. The van der Waals surface area contributed by atoms with Crippen molar-refractivity contribution in [3.8, 4) is 0 Å². The van der Waals surface area contributed by atoms with E-state index in [1.54, 1.807) is 8.87 Å². The van der Waals surface area contributed by atoms with Gasteiger partial charge in [-0.25, -0.2) is 0 Å². The van der Waals surface area contributed by atoms with Gasteiger partial charge in [-0.2, -0.15) is 0 Å². The van der Waals surface area contributed by atoms with Crippen LogP contribution in [0.25, 0.3) is 0 Å². The van der Waals surface area contributed by atoms with E-state index in [2.05, 4.69) is 45.6 Å². The van der Waals surface area contributed by atoms with Gasteiger partial charge in [0.2, 0.25) is 0 Å². The van der Waals surface area contributed by atoms with Crippen LogP contribution in [0.4, 0.5) is 0 Å². The zero-order valence-electron chi connectivity index (χ0n) is 22.3. The van der Waals surface area contributed by atoms with Crippen LogP contribution in [-0.2, 0) is 0 Å². The molecule has 0 heterocycles.